The lowest BCUT2D eigenvalue weighted by Gasteiger charge is -2.39. The van der Waals surface area contributed by atoms with Crippen LogP contribution in [0.15, 0.2) is 18.2 Å². The van der Waals surface area contributed by atoms with Gasteiger partial charge in [0, 0.05) is 24.8 Å². The van der Waals surface area contributed by atoms with E-state index in [0.29, 0.717) is 5.41 Å². The predicted octanol–water partition coefficient (Wildman–Crippen LogP) is 4.12. The van der Waals surface area contributed by atoms with Crippen molar-refractivity contribution >= 4 is 5.69 Å². The van der Waals surface area contributed by atoms with Crippen molar-refractivity contribution in [3.63, 3.8) is 0 Å². The van der Waals surface area contributed by atoms with E-state index in [1.807, 2.05) is 6.07 Å². The zero-order chi connectivity index (χ0) is 14.8. The van der Waals surface area contributed by atoms with Gasteiger partial charge in [0.25, 0.3) is 0 Å². The standard InChI is InChI=1S/C17H27FN2/c1-5-19-13(2)15-12-14(18)6-7-16(15)20-10-8-17(3,4)9-11-20/h6-7,12-13,19H,5,8-11H2,1-4H3. The largest absolute Gasteiger partial charge is 0.371 e. The zero-order valence-electron chi connectivity index (χ0n) is 13.2. The van der Waals surface area contributed by atoms with Gasteiger partial charge in [0.15, 0.2) is 0 Å². The van der Waals surface area contributed by atoms with Gasteiger partial charge in [-0.3, -0.25) is 0 Å². The Balaban J connectivity index is 2.23. The average Bonchev–Trinajstić information content (AvgIpc) is 2.39. The van der Waals surface area contributed by atoms with Crippen molar-refractivity contribution in [3.05, 3.63) is 29.6 Å². The molecule has 0 radical (unpaired) electrons. The molecular formula is C17H27FN2. The fraction of sp³-hybridized carbons (Fsp3) is 0.647. The van der Waals surface area contributed by atoms with E-state index in [9.17, 15) is 4.39 Å². The van der Waals surface area contributed by atoms with Gasteiger partial charge in [-0.15, -0.1) is 0 Å². The van der Waals surface area contributed by atoms with E-state index in [1.54, 1.807) is 12.1 Å². The van der Waals surface area contributed by atoms with Gasteiger partial charge >= 0.3 is 0 Å². The Bertz CT molecular complexity index is 446. The quantitative estimate of drug-likeness (QED) is 0.891. The maximum Gasteiger partial charge on any atom is 0.123 e. The summed E-state index contributed by atoms with van der Waals surface area (Å²) in [6, 6.07) is 5.39. The maximum atomic E-state index is 13.6. The third-order valence-electron chi connectivity index (χ3n) is 4.42. The summed E-state index contributed by atoms with van der Waals surface area (Å²) in [4.78, 5) is 2.41. The molecular weight excluding hydrogens is 251 g/mol. The second-order valence-electron chi connectivity index (χ2n) is 6.63. The van der Waals surface area contributed by atoms with Crippen LogP contribution in [0, 0.1) is 11.2 Å². The Labute approximate surface area is 122 Å². The fourth-order valence-corrected chi connectivity index (χ4v) is 2.93. The van der Waals surface area contributed by atoms with Gasteiger partial charge in [0.1, 0.15) is 5.82 Å². The molecule has 1 N–H and O–H groups in total. The first-order chi connectivity index (χ1) is 9.43. The van der Waals surface area contributed by atoms with Gasteiger partial charge in [-0.25, -0.2) is 4.39 Å². The molecule has 1 unspecified atom stereocenters. The van der Waals surface area contributed by atoms with E-state index in [-0.39, 0.29) is 11.9 Å². The first kappa shape index (κ1) is 15.3. The summed E-state index contributed by atoms with van der Waals surface area (Å²) in [5.74, 6) is -0.147. The molecule has 1 fully saturated rings. The number of piperidine rings is 1. The number of rotatable bonds is 4. The van der Waals surface area contributed by atoms with Crippen LogP contribution in [0.25, 0.3) is 0 Å². The first-order valence-corrected chi connectivity index (χ1v) is 7.71. The highest BCUT2D eigenvalue weighted by Gasteiger charge is 2.27. The van der Waals surface area contributed by atoms with Crippen molar-refractivity contribution in [2.45, 2.75) is 46.6 Å². The molecule has 1 aromatic carbocycles. The van der Waals surface area contributed by atoms with Crippen molar-refractivity contribution in [1.82, 2.24) is 5.32 Å². The van der Waals surface area contributed by atoms with Crippen LogP contribution in [-0.4, -0.2) is 19.6 Å². The van der Waals surface area contributed by atoms with E-state index >= 15 is 0 Å². The molecule has 0 aromatic heterocycles. The molecule has 0 aliphatic carbocycles. The van der Waals surface area contributed by atoms with Crippen molar-refractivity contribution in [3.8, 4) is 0 Å². The highest BCUT2D eigenvalue weighted by Crippen LogP contribution is 2.35. The van der Waals surface area contributed by atoms with Gasteiger partial charge in [-0.05, 0) is 55.5 Å². The average molecular weight is 278 g/mol. The van der Waals surface area contributed by atoms with Gasteiger partial charge in [-0.1, -0.05) is 20.8 Å². The van der Waals surface area contributed by atoms with E-state index in [0.717, 1.165) is 25.2 Å². The molecule has 3 heteroatoms. The second-order valence-corrected chi connectivity index (χ2v) is 6.63. The summed E-state index contributed by atoms with van der Waals surface area (Å²) in [5, 5.41) is 3.39. The molecule has 1 atom stereocenters. The van der Waals surface area contributed by atoms with Gasteiger partial charge in [-0.2, -0.15) is 0 Å². The SMILES string of the molecule is CCNC(C)c1cc(F)ccc1N1CCC(C)(C)CC1. The van der Waals surface area contributed by atoms with E-state index < -0.39 is 0 Å². The van der Waals surface area contributed by atoms with Crippen LogP contribution < -0.4 is 10.2 Å². The highest BCUT2D eigenvalue weighted by molar-refractivity contribution is 5.55. The van der Waals surface area contributed by atoms with Crippen LogP contribution in [0.5, 0.6) is 0 Å². The van der Waals surface area contributed by atoms with E-state index in [1.165, 1.54) is 18.5 Å². The third-order valence-corrected chi connectivity index (χ3v) is 4.42. The molecule has 1 saturated heterocycles. The fourth-order valence-electron chi connectivity index (χ4n) is 2.93. The first-order valence-electron chi connectivity index (χ1n) is 7.71. The minimum atomic E-state index is -0.147. The lowest BCUT2D eigenvalue weighted by Crippen LogP contribution is -2.38. The minimum absolute atomic E-state index is 0.147. The van der Waals surface area contributed by atoms with Crippen molar-refractivity contribution in [1.29, 1.82) is 0 Å². The number of hydrogen-bond acceptors (Lipinski definition) is 2. The Hall–Kier alpha value is -1.09. The normalized spacial score (nSPS) is 19.9. The molecule has 0 saturated carbocycles. The summed E-state index contributed by atoms with van der Waals surface area (Å²) in [6.07, 6.45) is 2.39. The predicted molar refractivity (Wildman–Crippen MR) is 83.7 cm³/mol. The summed E-state index contributed by atoms with van der Waals surface area (Å²) in [5.41, 5.74) is 2.70. The maximum absolute atomic E-state index is 13.6. The minimum Gasteiger partial charge on any atom is -0.371 e. The summed E-state index contributed by atoms with van der Waals surface area (Å²) >= 11 is 0. The molecule has 20 heavy (non-hydrogen) atoms. The Morgan fingerprint density at radius 1 is 1.30 bits per heavy atom. The van der Waals surface area contributed by atoms with Crippen molar-refractivity contribution in [2.75, 3.05) is 24.5 Å². The molecule has 112 valence electrons. The molecule has 2 rings (SSSR count). The van der Waals surface area contributed by atoms with Crippen LogP contribution in [-0.2, 0) is 0 Å². The molecule has 0 bridgehead atoms. The number of nitrogens with zero attached hydrogens (tertiary/aromatic N) is 1. The Kier molecular flexibility index (Phi) is 4.69. The monoisotopic (exact) mass is 278 g/mol. The van der Waals surface area contributed by atoms with Gasteiger partial charge in [0.2, 0.25) is 0 Å². The lowest BCUT2D eigenvalue weighted by molar-refractivity contribution is 0.279. The number of anilines is 1. The number of nitrogens with one attached hydrogen (secondary N) is 1. The van der Waals surface area contributed by atoms with Crippen molar-refractivity contribution < 1.29 is 4.39 Å². The third kappa shape index (κ3) is 3.51. The van der Waals surface area contributed by atoms with E-state index in [2.05, 4.69) is 37.9 Å². The van der Waals surface area contributed by atoms with Crippen molar-refractivity contribution in [2.24, 2.45) is 5.41 Å². The Morgan fingerprint density at radius 3 is 2.55 bits per heavy atom. The van der Waals surface area contributed by atoms with Crippen LogP contribution in [0.1, 0.15) is 52.1 Å². The topological polar surface area (TPSA) is 15.3 Å². The molecule has 1 aromatic rings. The van der Waals surface area contributed by atoms with Crippen LogP contribution in [0.4, 0.5) is 10.1 Å². The molecule has 1 heterocycles. The smallest absolute Gasteiger partial charge is 0.123 e. The molecule has 1 aliphatic heterocycles. The lowest BCUT2D eigenvalue weighted by atomic mass is 9.82. The number of hydrogen-bond donors (Lipinski definition) is 1. The number of benzene rings is 1. The molecule has 0 spiro atoms. The zero-order valence-corrected chi connectivity index (χ0v) is 13.2. The van der Waals surface area contributed by atoms with Crippen LogP contribution in [0.3, 0.4) is 0 Å². The van der Waals surface area contributed by atoms with Crippen LogP contribution in [0.2, 0.25) is 0 Å². The van der Waals surface area contributed by atoms with Crippen LogP contribution >= 0.6 is 0 Å². The second kappa shape index (κ2) is 6.13. The van der Waals surface area contributed by atoms with Gasteiger partial charge < -0.3 is 10.2 Å². The molecule has 0 amide bonds. The van der Waals surface area contributed by atoms with E-state index in [4.69, 9.17) is 0 Å². The summed E-state index contributed by atoms with van der Waals surface area (Å²) < 4.78 is 13.6. The number of halogens is 1. The summed E-state index contributed by atoms with van der Waals surface area (Å²) in [7, 11) is 0. The highest BCUT2D eigenvalue weighted by atomic mass is 19.1. The Morgan fingerprint density at radius 2 is 1.95 bits per heavy atom. The molecule has 1 aliphatic rings. The summed E-state index contributed by atoms with van der Waals surface area (Å²) in [6.45, 7) is 11.9. The molecule has 2 nitrogen and oxygen atoms in total. The van der Waals surface area contributed by atoms with Gasteiger partial charge in [0.05, 0.1) is 0 Å².